The van der Waals surface area contributed by atoms with E-state index in [0.29, 0.717) is 17.1 Å². The molecule has 0 radical (unpaired) electrons. The van der Waals surface area contributed by atoms with E-state index >= 15 is 0 Å². The van der Waals surface area contributed by atoms with Crippen LogP contribution in [0.3, 0.4) is 0 Å². The van der Waals surface area contributed by atoms with Crippen molar-refractivity contribution < 1.29 is 19.0 Å². The number of ether oxygens (including phenoxy) is 3. The molecule has 0 bridgehead atoms. The Hall–Kier alpha value is -3.28. The van der Waals surface area contributed by atoms with Crippen LogP contribution < -0.4 is 15.0 Å². The molecule has 0 aliphatic rings. The highest BCUT2D eigenvalue weighted by Crippen LogP contribution is 2.23. The van der Waals surface area contributed by atoms with Crippen LogP contribution in [0.1, 0.15) is 21.5 Å². The Kier molecular flexibility index (Phi) is 4.93. The molecule has 2 aromatic carbocycles. The topological polar surface area (TPSA) is 77.6 Å². The predicted molar refractivity (Wildman–Crippen MR) is 98.0 cm³/mol. The van der Waals surface area contributed by atoms with Crippen molar-refractivity contribution in [1.29, 1.82) is 0 Å². The molecule has 6 nitrogen and oxygen atoms in total. The molecule has 0 fully saturated rings. The summed E-state index contributed by atoms with van der Waals surface area (Å²) in [5, 5.41) is 0.888. The molecule has 1 aromatic heterocycles. The summed E-state index contributed by atoms with van der Waals surface area (Å²) in [6.45, 7) is 1.80. The van der Waals surface area contributed by atoms with E-state index in [0.717, 1.165) is 16.5 Å². The minimum absolute atomic E-state index is 0.127. The van der Waals surface area contributed by atoms with Gasteiger partial charge >= 0.3 is 5.97 Å². The molecule has 3 rings (SSSR count). The van der Waals surface area contributed by atoms with E-state index in [1.54, 1.807) is 24.3 Å². The van der Waals surface area contributed by atoms with Crippen LogP contribution >= 0.6 is 0 Å². The molecule has 6 heteroatoms. The standard InChI is InChI=1S/C20H19NO5/c1-12-5-4-6-13-7-15(19(22)21-18(12)13)11-26-20(23)14-8-16(24-2)10-17(9-14)25-3/h4-10H,11H2,1-3H3,(H,21,22). The van der Waals surface area contributed by atoms with Gasteiger partial charge in [0.05, 0.1) is 30.9 Å². The molecule has 0 aliphatic heterocycles. The number of aryl methyl sites for hydroxylation is 1. The minimum Gasteiger partial charge on any atom is -0.497 e. The summed E-state index contributed by atoms with van der Waals surface area (Å²) in [5.41, 5.74) is 2.15. The van der Waals surface area contributed by atoms with Gasteiger partial charge in [0.1, 0.15) is 18.1 Å². The van der Waals surface area contributed by atoms with E-state index in [-0.39, 0.29) is 17.7 Å². The zero-order valence-electron chi connectivity index (χ0n) is 14.8. The van der Waals surface area contributed by atoms with Crippen molar-refractivity contribution in [3.05, 3.63) is 69.5 Å². The normalized spacial score (nSPS) is 10.6. The second-order valence-electron chi connectivity index (χ2n) is 5.84. The van der Waals surface area contributed by atoms with Crippen LogP contribution in [0.2, 0.25) is 0 Å². The summed E-state index contributed by atoms with van der Waals surface area (Å²) in [7, 11) is 3.00. The van der Waals surface area contributed by atoms with E-state index in [4.69, 9.17) is 14.2 Å². The number of para-hydroxylation sites is 1. The van der Waals surface area contributed by atoms with Crippen molar-refractivity contribution in [3.8, 4) is 11.5 Å². The summed E-state index contributed by atoms with van der Waals surface area (Å²) in [6.07, 6.45) is 0. The van der Waals surface area contributed by atoms with Gasteiger partial charge in [-0.25, -0.2) is 4.79 Å². The van der Waals surface area contributed by atoms with Crippen molar-refractivity contribution >= 4 is 16.9 Å². The van der Waals surface area contributed by atoms with Gasteiger partial charge < -0.3 is 19.2 Å². The molecule has 0 aliphatic carbocycles. The second kappa shape index (κ2) is 7.31. The molecule has 26 heavy (non-hydrogen) atoms. The SMILES string of the molecule is COc1cc(OC)cc(C(=O)OCc2cc3cccc(C)c3[nH]c2=O)c1. The van der Waals surface area contributed by atoms with Crippen LogP contribution in [0.5, 0.6) is 11.5 Å². The Balaban J connectivity index is 1.83. The van der Waals surface area contributed by atoms with E-state index in [2.05, 4.69) is 4.98 Å². The number of nitrogens with one attached hydrogen (secondary N) is 1. The summed E-state index contributed by atoms with van der Waals surface area (Å²) < 4.78 is 15.6. The number of carbonyl (C=O) groups is 1. The monoisotopic (exact) mass is 353 g/mol. The zero-order chi connectivity index (χ0) is 18.7. The lowest BCUT2D eigenvalue weighted by Crippen LogP contribution is -2.16. The third-order valence-electron chi connectivity index (χ3n) is 4.11. The van der Waals surface area contributed by atoms with Crippen molar-refractivity contribution in [2.75, 3.05) is 14.2 Å². The Morgan fingerprint density at radius 2 is 1.73 bits per heavy atom. The number of hydrogen-bond acceptors (Lipinski definition) is 5. The molecule has 0 amide bonds. The Bertz CT molecular complexity index is 1000. The van der Waals surface area contributed by atoms with Crippen LogP contribution in [0.25, 0.3) is 10.9 Å². The number of hydrogen-bond donors (Lipinski definition) is 1. The summed E-state index contributed by atoms with van der Waals surface area (Å²) in [5.74, 6) is 0.400. The Labute approximate surface area is 150 Å². The first-order valence-electron chi connectivity index (χ1n) is 8.03. The number of methoxy groups -OCH3 is 2. The molecule has 0 spiro atoms. The van der Waals surface area contributed by atoms with Gasteiger partial charge in [-0.05, 0) is 36.1 Å². The fourth-order valence-corrected chi connectivity index (χ4v) is 2.69. The first-order valence-corrected chi connectivity index (χ1v) is 8.03. The number of aromatic nitrogens is 1. The molecule has 1 heterocycles. The smallest absolute Gasteiger partial charge is 0.338 e. The zero-order valence-corrected chi connectivity index (χ0v) is 14.8. The third kappa shape index (κ3) is 3.54. The van der Waals surface area contributed by atoms with Gasteiger partial charge in [0.15, 0.2) is 0 Å². The van der Waals surface area contributed by atoms with Crippen molar-refractivity contribution in [3.63, 3.8) is 0 Å². The van der Waals surface area contributed by atoms with Gasteiger partial charge in [-0.15, -0.1) is 0 Å². The van der Waals surface area contributed by atoms with Crippen LogP contribution in [0.15, 0.2) is 47.3 Å². The largest absolute Gasteiger partial charge is 0.497 e. The highest BCUT2D eigenvalue weighted by atomic mass is 16.5. The predicted octanol–water partition coefficient (Wildman–Crippen LogP) is 3.21. The molecule has 3 aromatic rings. The lowest BCUT2D eigenvalue weighted by molar-refractivity contribution is 0.0470. The lowest BCUT2D eigenvalue weighted by atomic mass is 10.1. The Morgan fingerprint density at radius 3 is 2.38 bits per heavy atom. The van der Waals surface area contributed by atoms with E-state index in [1.807, 2.05) is 25.1 Å². The summed E-state index contributed by atoms with van der Waals surface area (Å²) in [6, 6.07) is 12.2. The fraction of sp³-hybridized carbons (Fsp3) is 0.200. The third-order valence-corrected chi connectivity index (χ3v) is 4.11. The average Bonchev–Trinajstić information content (AvgIpc) is 2.66. The van der Waals surface area contributed by atoms with E-state index in [1.165, 1.54) is 14.2 Å². The van der Waals surface area contributed by atoms with Gasteiger partial charge in [0.25, 0.3) is 5.56 Å². The first-order chi connectivity index (χ1) is 12.5. The van der Waals surface area contributed by atoms with Crippen LogP contribution in [-0.4, -0.2) is 25.2 Å². The Morgan fingerprint density at radius 1 is 1.04 bits per heavy atom. The highest BCUT2D eigenvalue weighted by Gasteiger charge is 2.13. The maximum absolute atomic E-state index is 12.3. The molecule has 0 saturated carbocycles. The van der Waals surface area contributed by atoms with Gasteiger partial charge in [-0.2, -0.15) is 0 Å². The molecular formula is C20H19NO5. The van der Waals surface area contributed by atoms with Gasteiger partial charge in [0, 0.05) is 6.07 Å². The molecular weight excluding hydrogens is 334 g/mol. The fourth-order valence-electron chi connectivity index (χ4n) is 2.69. The van der Waals surface area contributed by atoms with Crippen LogP contribution in [0.4, 0.5) is 0 Å². The highest BCUT2D eigenvalue weighted by molar-refractivity contribution is 5.90. The minimum atomic E-state index is -0.564. The molecule has 0 atom stereocenters. The van der Waals surface area contributed by atoms with Crippen LogP contribution in [0, 0.1) is 6.92 Å². The second-order valence-corrected chi connectivity index (χ2v) is 5.84. The number of rotatable bonds is 5. The maximum atomic E-state index is 12.3. The number of pyridine rings is 1. The molecule has 0 unspecified atom stereocenters. The van der Waals surface area contributed by atoms with Crippen molar-refractivity contribution in [1.82, 2.24) is 4.98 Å². The van der Waals surface area contributed by atoms with Gasteiger partial charge in [-0.3, -0.25) is 4.79 Å². The van der Waals surface area contributed by atoms with E-state index < -0.39 is 5.97 Å². The van der Waals surface area contributed by atoms with Crippen LogP contribution in [-0.2, 0) is 11.3 Å². The first kappa shape index (κ1) is 17.5. The number of benzene rings is 2. The number of fused-ring (bicyclic) bond motifs is 1. The average molecular weight is 353 g/mol. The number of esters is 1. The van der Waals surface area contributed by atoms with E-state index in [9.17, 15) is 9.59 Å². The maximum Gasteiger partial charge on any atom is 0.338 e. The number of aromatic amines is 1. The summed E-state index contributed by atoms with van der Waals surface area (Å²) in [4.78, 5) is 27.4. The molecule has 0 saturated heterocycles. The number of carbonyl (C=O) groups excluding carboxylic acids is 1. The van der Waals surface area contributed by atoms with Crippen molar-refractivity contribution in [2.24, 2.45) is 0 Å². The molecule has 1 N–H and O–H groups in total. The summed E-state index contributed by atoms with van der Waals surface area (Å²) >= 11 is 0. The van der Waals surface area contributed by atoms with Crippen molar-refractivity contribution in [2.45, 2.75) is 13.5 Å². The molecule has 134 valence electrons. The van der Waals surface area contributed by atoms with Gasteiger partial charge in [0.2, 0.25) is 0 Å². The quantitative estimate of drug-likeness (QED) is 0.713. The number of H-pyrrole nitrogens is 1. The van der Waals surface area contributed by atoms with Gasteiger partial charge in [-0.1, -0.05) is 18.2 Å². The lowest BCUT2D eigenvalue weighted by Gasteiger charge is -2.09.